The highest BCUT2D eigenvalue weighted by Crippen LogP contribution is 2.39. The molecule has 1 unspecified atom stereocenters. The van der Waals surface area contributed by atoms with Crippen molar-refractivity contribution >= 4 is 45.1 Å². The molecule has 0 amide bonds. The monoisotopic (exact) mass is 529 g/mol. The first-order valence-corrected chi connectivity index (χ1v) is 13.2. The van der Waals surface area contributed by atoms with Gasteiger partial charge >= 0.3 is 0 Å². The molecule has 5 rings (SSSR count). The number of fused-ring (bicyclic) bond motifs is 1. The fraction of sp³-hybridized carbons (Fsp3) is 0.308. The molecule has 1 aliphatic carbocycles. The van der Waals surface area contributed by atoms with Crippen molar-refractivity contribution in [3.05, 3.63) is 65.1 Å². The number of aryl methyl sites for hydroxylation is 1. The highest BCUT2D eigenvalue weighted by atomic mass is 35.5. The normalized spacial score (nSPS) is 15.5. The summed E-state index contributed by atoms with van der Waals surface area (Å²) in [5.41, 5.74) is 10.2. The van der Waals surface area contributed by atoms with Crippen LogP contribution in [0, 0.1) is 6.92 Å². The number of hydrogen-bond donors (Lipinski definition) is 2. The van der Waals surface area contributed by atoms with Crippen molar-refractivity contribution in [3.8, 4) is 11.1 Å². The predicted molar refractivity (Wildman–Crippen MR) is 141 cm³/mol. The summed E-state index contributed by atoms with van der Waals surface area (Å²) in [4.78, 5) is 8.85. The van der Waals surface area contributed by atoms with Crippen LogP contribution in [0.15, 0.2) is 53.8 Å². The van der Waals surface area contributed by atoms with E-state index in [4.69, 9.17) is 17.3 Å². The highest BCUT2D eigenvalue weighted by molar-refractivity contribution is 7.86. The van der Waals surface area contributed by atoms with Crippen molar-refractivity contribution in [3.63, 3.8) is 0 Å². The third-order valence-electron chi connectivity index (χ3n) is 6.73. The first-order chi connectivity index (χ1) is 17.1. The van der Waals surface area contributed by atoms with Crippen LogP contribution in [0.3, 0.4) is 0 Å². The van der Waals surface area contributed by atoms with Crippen LogP contribution in [0.1, 0.15) is 49.8 Å². The number of nitrogens with zero attached hydrogens (tertiary/aromatic N) is 3. The zero-order chi connectivity index (χ0) is 25.6. The molecule has 0 aliphatic heterocycles. The lowest BCUT2D eigenvalue weighted by Crippen LogP contribution is -2.11. The Balaban J connectivity index is 1.48. The van der Waals surface area contributed by atoms with Gasteiger partial charge in [0.1, 0.15) is 17.8 Å². The maximum absolute atomic E-state index is 13.8. The standard InChI is InChI=1S/C26H26ClF2N5OS/c1-15-11-16(19-13-34(18-5-3-4-6-18)25-23(19)24(30)31-14-32-25)7-10-21(15)33-36(35)22-12-17(26(2,28)29)8-9-20(22)27/h7-14,18,33H,3-6H2,1-2H3,(H2,30,31,32). The average molecular weight is 530 g/mol. The number of hydrogen-bond acceptors (Lipinski definition) is 4. The number of rotatable bonds is 6. The summed E-state index contributed by atoms with van der Waals surface area (Å²) in [6, 6.07) is 9.83. The molecule has 0 radical (unpaired) electrons. The number of nitrogen functional groups attached to an aromatic ring is 1. The van der Waals surface area contributed by atoms with E-state index in [-0.39, 0.29) is 15.5 Å². The maximum Gasteiger partial charge on any atom is 0.270 e. The van der Waals surface area contributed by atoms with E-state index >= 15 is 0 Å². The molecule has 0 spiro atoms. The van der Waals surface area contributed by atoms with E-state index in [0.29, 0.717) is 17.5 Å². The van der Waals surface area contributed by atoms with E-state index in [0.717, 1.165) is 47.5 Å². The summed E-state index contributed by atoms with van der Waals surface area (Å²) in [6.07, 6.45) is 8.19. The van der Waals surface area contributed by atoms with E-state index in [2.05, 4.69) is 25.5 Å². The number of anilines is 2. The number of benzene rings is 2. The molecule has 1 aliphatic rings. The molecule has 2 heterocycles. The van der Waals surface area contributed by atoms with Crippen LogP contribution in [0.4, 0.5) is 20.3 Å². The molecular weight excluding hydrogens is 504 g/mol. The summed E-state index contributed by atoms with van der Waals surface area (Å²) < 4.78 is 45.7. The SMILES string of the molecule is Cc1cc(-c2cn(C3CCCC3)c3ncnc(N)c23)ccc1NS(=O)c1cc(C(C)(F)F)ccc1Cl. The highest BCUT2D eigenvalue weighted by Gasteiger charge is 2.26. The molecule has 2 aromatic carbocycles. The van der Waals surface area contributed by atoms with E-state index in [1.807, 2.05) is 25.1 Å². The van der Waals surface area contributed by atoms with Crippen molar-refractivity contribution in [1.82, 2.24) is 14.5 Å². The summed E-state index contributed by atoms with van der Waals surface area (Å²) >= 11 is 6.17. The summed E-state index contributed by atoms with van der Waals surface area (Å²) in [7, 11) is -1.84. The molecule has 0 bridgehead atoms. The van der Waals surface area contributed by atoms with Gasteiger partial charge in [-0.15, -0.1) is 0 Å². The lowest BCUT2D eigenvalue weighted by atomic mass is 10.0. The second-order valence-corrected chi connectivity index (χ2v) is 10.9. The zero-order valence-electron chi connectivity index (χ0n) is 19.9. The minimum absolute atomic E-state index is 0.101. The van der Waals surface area contributed by atoms with Crippen LogP contribution >= 0.6 is 11.6 Å². The van der Waals surface area contributed by atoms with Crippen molar-refractivity contribution in [2.75, 3.05) is 10.5 Å². The van der Waals surface area contributed by atoms with E-state index in [9.17, 15) is 13.0 Å². The molecule has 4 aromatic rings. The molecule has 6 nitrogen and oxygen atoms in total. The smallest absolute Gasteiger partial charge is 0.270 e. The fourth-order valence-corrected chi connectivity index (χ4v) is 6.15. The maximum atomic E-state index is 13.8. The topological polar surface area (TPSA) is 85.8 Å². The van der Waals surface area contributed by atoms with Crippen LogP contribution in [0.25, 0.3) is 22.2 Å². The summed E-state index contributed by atoms with van der Waals surface area (Å²) in [5.74, 6) is -2.64. The van der Waals surface area contributed by atoms with Crippen LogP contribution in [-0.4, -0.2) is 18.7 Å². The van der Waals surface area contributed by atoms with Gasteiger partial charge in [0.15, 0.2) is 11.0 Å². The lowest BCUT2D eigenvalue weighted by Gasteiger charge is -2.15. The van der Waals surface area contributed by atoms with Gasteiger partial charge in [-0.2, -0.15) is 0 Å². The van der Waals surface area contributed by atoms with Gasteiger partial charge in [-0.1, -0.05) is 36.6 Å². The Labute approximate surface area is 215 Å². The van der Waals surface area contributed by atoms with E-state index in [1.54, 1.807) is 0 Å². The van der Waals surface area contributed by atoms with Gasteiger partial charge in [-0.05, 0) is 55.2 Å². The van der Waals surface area contributed by atoms with Crippen LogP contribution in [-0.2, 0) is 16.9 Å². The Morgan fingerprint density at radius 3 is 2.61 bits per heavy atom. The van der Waals surface area contributed by atoms with Gasteiger partial charge in [0.25, 0.3) is 5.92 Å². The minimum Gasteiger partial charge on any atom is -0.383 e. The van der Waals surface area contributed by atoms with E-state index in [1.165, 1.54) is 37.4 Å². The quantitative estimate of drug-likeness (QED) is 0.281. The second-order valence-electron chi connectivity index (χ2n) is 9.28. The van der Waals surface area contributed by atoms with Crippen molar-refractivity contribution in [2.24, 2.45) is 0 Å². The lowest BCUT2D eigenvalue weighted by molar-refractivity contribution is 0.0172. The molecule has 10 heteroatoms. The Kier molecular flexibility index (Phi) is 6.46. The largest absolute Gasteiger partial charge is 0.383 e. The number of aromatic nitrogens is 3. The molecular formula is C26H26ClF2N5OS. The molecule has 1 atom stereocenters. The molecule has 2 aromatic heterocycles. The van der Waals surface area contributed by atoms with Crippen molar-refractivity contribution < 1.29 is 13.0 Å². The third kappa shape index (κ3) is 4.57. The third-order valence-corrected chi connectivity index (χ3v) is 8.32. The van der Waals surface area contributed by atoms with Gasteiger partial charge in [0.05, 0.1) is 15.3 Å². The number of nitrogens with two attached hydrogens (primary N) is 1. The van der Waals surface area contributed by atoms with Crippen LogP contribution in [0.2, 0.25) is 5.02 Å². The molecule has 0 saturated heterocycles. The molecule has 1 fully saturated rings. The van der Waals surface area contributed by atoms with Gasteiger partial charge in [0.2, 0.25) is 0 Å². The van der Waals surface area contributed by atoms with Crippen LogP contribution < -0.4 is 10.5 Å². The minimum atomic E-state index is -3.07. The Bertz CT molecular complexity index is 1480. The number of halogens is 3. The molecule has 1 saturated carbocycles. The predicted octanol–water partition coefficient (Wildman–Crippen LogP) is 7.00. The summed E-state index contributed by atoms with van der Waals surface area (Å²) in [5, 5.41) is 0.968. The first-order valence-electron chi connectivity index (χ1n) is 11.7. The first kappa shape index (κ1) is 24.6. The average Bonchev–Trinajstić information content (AvgIpc) is 3.48. The summed E-state index contributed by atoms with van der Waals surface area (Å²) in [6.45, 7) is 2.68. The molecule has 3 N–H and O–H groups in total. The Morgan fingerprint density at radius 1 is 1.17 bits per heavy atom. The molecule has 36 heavy (non-hydrogen) atoms. The van der Waals surface area contributed by atoms with Gasteiger partial charge in [-0.25, -0.2) is 23.0 Å². The molecule has 188 valence electrons. The van der Waals surface area contributed by atoms with E-state index < -0.39 is 16.9 Å². The second kappa shape index (κ2) is 9.44. The van der Waals surface area contributed by atoms with Crippen molar-refractivity contribution in [1.29, 1.82) is 0 Å². The van der Waals surface area contributed by atoms with Gasteiger partial charge in [-0.3, -0.25) is 0 Å². The Morgan fingerprint density at radius 2 is 1.92 bits per heavy atom. The van der Waals surface area contributed by atoms with Crippen molar-refractivity contribution in [2.45, 2.75) is 56.4 Å². The zero-order valence-corrected chi connectivity index (χ0v) is 21.5. The fourth-order valence-electron chi connectivity index (χ4n) is 4.81. The number of nitrogens with one attached hydrogen (secondary N) is 1. The van der Waals surface area contributed by atoms with Gasteiger partial charge < -0.3 is 15.0 Å². The van der Waals surface area contributed by atoms with Gasteiger partial charge in [0, 0.05) is 36.0 Å². The van der Waals surface area contributed by atoms with Crippen LogP contribution in [0.5, 0.6) is 0 Å². The Hall–Kier alpha value is -3.04. The number of alkyl halides is 2.